The number of hydrogen-bond acceptors (Lipinski definition) is 3. The fourth-order valence-corrected chi connectivity index (χ4v) is 3.83. The fourth-order valence-electron chi connectivity index (χ4n) is 3.57. The van der Waals surface area contributed by atoms with Crippen LogP contribution in [-0.2, 0) is 4.79 Å². The second-order valence-electron chi connectivity index (χ2n) is 6.98. The summed E-state index contributed by atoms with van der Waals surface area (Å²) in [4.78, 5) is 19.3. The molecule has 134 valence electrons. The monoisotopic (exact) mass is 359 g/mol. The van der Waals surface area contributed by atoms with Gasteiger partial charge in [-0.2, -0.15) is 0 Å². The van der Waals surface area contributed by atoms with Crippen molar-refractivity contribution >= 4 is 34.1 Å². The van der Waals surface area contributed by atoms with Gasteiger partial charge < -0.3 is 10.2 Å². The van der Waals surface area contributed by atoms with Gasteiger partial charge in [-0.25, -0.2) is 4.98 Å². The van der Waals surface area contributed by atoms with Crippen LogP contribution in [0, 0.1) is 5.92 Å². The number of carbonyl (C=O) groups excluding carboxylic acids is 1. The molecule has 2 atom stereocenters. The Balaban J connectivity index is 1.74. The third-order valence-corrected chi connectivity index (χ3v) is 5.19. The molecule has 0 aliphatic carbocycles. The molecule has 0 radical (unpaired) electrons. The zero-order chi connectivity index (χ0) is 17.8. The largest absolute Gasteiger partial charge is 0.356 e. The number of fused-ring (bicyclic) bond motifs is 1. The molecule has 1 N–H and O–H groups in total. The highest BCUT2D eigenvalue weighted by Crippen LogP contribution is 2.29. The molecule has 25 heavy (non-hydrogen) atoms. The number of nitrogens with one attached hydrogen (secondary N) is 1. The number of amides is 1. The van der Waals surface area contributed by atoms with Crippen LogP contribution in [0.25, 0.3) is 10.8 Å². The van der Waals surface area contributed by atoms with E-state index in [2.05, 4.69) is 35.1 Å². The maximum Gasteiger partial charge on any atom is 0.225 e. The normalized spacial score (nSPS) is 19.0. The first kappa shape index (κ1) is 18.0. The predicted octanol–water partition coefficient (Wildman–Crippen LogP) is 4.41. The molecule has 1 aromatic carbocycles. The van der Waals surface area contributed by atoms with Crippen molar-refractivity contribution in [2.24, 2.45) is 5.92 Å². The van der Waals surface area contributed by atoms with Gasteiger partial charge >= 0.3 is 0 Å². The number of aromatic nitrogens is 1. The fraction of sp³-hybridized carbons (Fsp3) is 0.500. The number of pyridine rings is 1. The number of hydrogen-bond donors (Lipinski definition) is 1. The first-order valence-electron chi connectivity index (χ1n) is 9.19. The number of halogens is 1. The van der Waals surface area contributed by atoms with Crippen molar-refractivity contribution in [1.29, 1.82) is 0 Å². The number of piperidine rings is 1. The van der Waals surface area contributed by atoms with E-state index in [1.165, 1.54) is 0 Å². The van der Waals surface area contributed by atoms with Crippen LogP contribution < -0.4 is 10.2 Å². The van der Waals surface area contributed by atoms with Gasteiger partial charge in [0.15, 0.2) is 0 Å². The topological polar surface area (TPSA) is 45.2 Å². The highest BCUT2D eigenvalue weighted by molar-refractivity contribution is 6.34. The van der Waals surface area contributed by atoms with Gasteiger partial charge in [-0.15, -0.1) is 0 Å². The summed E-state index contributed by atoms with van der Waals surface area (Å²) in [5.74, 6) is 1.04. The zero-order valence-corrected chi connectivity index (χ0v) is 15.7. The van der Waals surface area contributed by atoms with E-state index in [-0.39, 0.29) is 17.9 Å². The molecule has 0 saturated carbocycles. The van der Waals surface area contributed by atoms with E-state index in [0.717, 1.165) is 48.8 Å². The highest BCUT2D eigenvalue weighted by Gasteiger charge is 2.27. The number of nitrogens with zero attached hydrogens (tertiary/aromatic N) is 2. The number of anilines is 1. The molecule has 2 heterocycles. The summed E-state index contributed by atoms with van der Waals surface area (Å²) in [6.07, 6.45) is 4.02. The molecular weight excluding hydrogens is 334 g/mol. The molecule has 3 rings (SSSR count). The average Bonchev–Trinajstić information content (AvgIpc) is 2.62. The van der Waals surface area contributed by atoms with Crippen LogP contribution in [0.4, 0.5) is 5.82 Å². The summed E-state index contributed by atoms with van der Waals surface area (Å²) >= 11 is 6.37. The van der Waals surface area contributed by atoms with Crippen molar-refractivity contribution in [3.8, 4) is 0 Å². The standard InChI is InChI=1S/C20H26ClN3O/c1-3-7-14(2)22-20(25)16-9-6-11-24(13-16)18-12-15-8-4-5-10-17(15)19(21)23-18/h4-5,8,10,12,14,16H,3,6-7,9,11,13H2,1-2H3,(H,22,25). The minimum atomic E-state index is 0.0140. The van der Waals surface area contributed by atoms with E-state index in [0.29, 0.717) is 11.7 Å². The van der Waals surface area contributed by atoms with Crippen LogP contribution in [-0.4, -0.2) is 30.0 Å². The van der Waals surface area contributed by atoms with Crippen LogP contribution in [0.5, 0.6) is 0 Å². The summed E-state index contributed by atoms with van der Waals surface area (Å²) in [6, 6.07) is 10.3. The number of benzene rings is 1. The van der Waals surface area contributed by atoms with Crippen molar-refractivity contribution in [3.05, 3.63) is 35.5 Å². The molecule has 1 saturated heterocycles. The van der Waals surface area contributed by atoms with Gasteiger partial charge in [0.25, 0.3) is 0 Å². The average molecular weight is 360 g/mol. The molecule has 2 aromatic rings. The van der Waals surface area contributed by atoms with Gasteiger partial charge in [-0.05, 0) is 37.6 Å². The summed E-state index contributed by atoms with van der Waals surface area (Å²) < 4.78 is 0. The van der Waals surface area contributed by atoms with Gasteiger partial charge in [0.2, 0.25) is 5.91 Å². The molecule has 1 aliphatic heterocycles. The van der Waals surface area contributed by atoms with E-state index in [4.69, 9.17) is 11.6 Å². The summed E-state index contributed by atoms with van der Waals surface area (Å²) in [5.41, 5.74) is 0. The van der Waals surface area contributed by atoms with E-state index in [9.17, 15) is 4.79 Å². The summed E-state index contributed by atoms with van der Waals surface area (Å²) in [7, 11) is 0. The molecular formula is C20H26ClN3O. The molecule has 0 spiro atoms. The lowest BCUT2D eigenvalue weighted by molar-refractivity contribution is -0.125. The molecule has 5 heteroatoms. The van der Waals surface area contributed by atoms with Crippen molar-refractivity contribution < 1.29 is 4.79 Å². The Morgan fingerprint density at radius 1 is 1.44 bits per heavy atom. The SMILES string of the molecule is CCCC(C)NC(=O)C1CCCN(c2cc3ccccc3c(Cl)n2)C1. The first-order valence-corrected chi connectivity index (χ1v) is 9.57. The van der Waals surface area contributed by atoms with Crippen molar-refractivity contribution in [2.45, 2.75) is 45.6 Å². The smallest absolute Gasteiger partial charge is 0.225 e. The highest BCUT2D eigenvalue weighted by atomic mass is 35.5. The predicted molar refractivity (Wildman–Crippen MR) is 104 cm³/mol. The summed E-state index contributed by atoms with van der Waals surface area (Å²) in [6.45, 7) is 5.83. The lowest BCUT2D eigenvalue weighted by atomic mass is 9.96. The molecule has 1 fully saturated rings. The first-order chi connectivity index (χ1) is 12.1. The van der Waals surface area contributed by atoms with Gasteiger partial charge in [-0.1, -0.05) is 49.2 Å². The zero-order valence-electron chi connectivity index (χ0n) is 15.0. The molecule has 1 amide bonds. The Hall–Kier alpha value is -1.81. The number of carbonyl (C=O) groups is 1. The van der Waals surface area contributed by atoms with E-state index in [1.54, 1.807) is 0 Å². The second-order valence-corrected chi connectivity index (χ2v) is 7.33. The van der Waals surface area contributed by atoms with Crippen LogP contribution in [0.3, 0.4) is 0 Å². The van der Waals surface area contributed by atoms with Gasteiger partial charge in [0, 0.05) is 24.5 Å². The Bertz CT molecular complexity index is 749. The van der Waals surface area contributed by atoms with Crippen LogP contribution >= 0.6 is 11.6 Å². The van der Waals surface area contributed by atoms with Crippen molar-refractivity contribution in [2.75, 3.05) is 18.0 Å². The van der Waals surface area contributed by atoms with E-state index >= 15 is 0 Å². The molecule has 4 nitrogen and oxygen atoms in total. The molecule has 0 bridgehead atoms. The maximum absolute atomic E-state index is 12.6. The van der Waals surface area contributed by atoms with Crippen molar-refractivity contribution in [3.63, 3.8) is 0 Å². The van der Waals surface area contributed by atoms with Crippen LogP contribution in [0.15, 0.2) is 30.3 Å². The van der Waals surface area contributed by atoms with Crippen LogP contribution in [0.1, 0.15) is 39.5 Å². The maximum atomic E-state index is 12.6. The minimum Gasteiger partial charge on any atom is -0.356 e. The van der Waals surface area contributed by atoms with E-state index in [1.807, 2.05) is 24.3 Å². The summed E-state index contributed by atoms with van der Waals surface area (Å²) in [5, 5.41) is 5.73. The lowest BCUT2D eigenvalue weighted by Gasteiger charge is -2.33. The third-order valence-electron chi connectivity index (χ3n) is 4.91. The van der Waals surface area contributed by atoms with Crippen molar-refractivity contribution in [1.82, 2.24) is 10.3 Å². The second kappa shape index (κ2) is 8.05. The van der Waals surface area contributed by atoms with E-state index < -0.39 is 0 Å². The quantitative estimate of drug-likeness (QED) is 0.804. The van der Waals surface area contributed by atoms with Gasteiger partial charge in [-0.3, -0.25) is 4.79 Å². The van der Waals surface area contributed by atoms with Gasteiger partial charge in [0.05, 0.1) is 5.92 Å². The van der Waals surface area contributed by atoms with Gasteiger partial charge in [0.1, 0.15) is 11.0 Å². The molecule has 1 aromatic heterocycles. The Labute approximate surface area is 154 Å². The Morgan fingerprint density at radius 3 is 3.04 bits per heavy atom. The third kappa shape index (κ3) is 4.24. The number of rotatable bonds is 5. The minimum absolute atomic E-state index is 0.0140. The Morgan fingerprint density at radius 2 is 2.24 bits per heavy atom. The molecule has 1 aliphatic rings. The molecule has 2 unspecified atom stereocenters. The lowest BCUT2D eigenvalue weighted by Crippen LogP contribution is -2.45. The Kier molecular flexibility index (Phi) is 5.79. The van der Waals surface area contributed by atoms with Crippen LogP contribution in [0.2, 0.25) is 5.15 Å².